The lowest BCUT2D eigenvalue weighted by Gasteiger charge is -2.26. The summed E-state index contributed by atoms with van der Waals surface area (Å²) in [7, 11) is 1.61. The number of H-pyrrole nitrogens is 1. The number of methoxy groups -OCH3 is 1. The topological polar surface area (TPSA) is 54.1 Å². The van der Waals surface area contributed by atoms with E-state index < -0.39 is 0 Å². The van der Waals surface area contributed by atoms with Gasteiger partial charge in [-0.2, -0.15) is 0 Å². The number of nitrogens with one attached hydrogen (secondary N) is 2. The lowest BCUT2D eigenvalue weighted by atomic mass is 9.82. The second-order valence-electron chi connectivity index (χ2n) is 6.97. The summed E-state index contributed by atoms with van der Waals surface area (Å²) < 4.78 is 5.13. The molecule has 1 amide bonds. The first-order valence-corrected chi connectivity index (χ1v) is 8.42. The number of rotatable bonds is 5. The van der Waals surface area contributed by atoms with Gasteiger partial charge in [-0.3, -0.25) is 4.79 Å². The summed E-state index contributed by atoms with van der Waals surface area (Å²) in [6.45, 7) is 6.96. The van der Waals surface area contributed by atoms with Crippen LogP contribution < -0.4 is 10.1 Å². The number of amides is 1. The summed E-state index contributed by atoms with van der Waals surface area (Å²) in [6.07, 6.45) is 0. The highest BCUT2D eigenvalue weighted by molar-refractivity contribution is 5.94. The lowest BCUT2D eigenvalue weighted by molar-refractivity contribution is 0.0945. The summed E-state index contributed by atoms with van der Waals surface area (Å²) in [6, 6.07) is 15.4. The van der Waals surface area contributed by atoms with Crippen molar-refractivity contribution in [2.45, 2.75) is 26.2 Å². The minimum absolute atomic E-state index is 0.0757. The molecule has 0 aliphatic carbocycles. The van der Waals surface area contributed by atoms with E-state index in [1.165, 1.54) is 10.9 Å². The molecule has 3 aromatic rings. The van der Waals surface area contributed by atoms with Gasteiger partial charge in [-0.25, -0.2) is 0 Å². The van der Waals surface area contributed by atoms with Gasteiger partial charge in [0.2, 0.25) is 0 Å². The second-order valence-corrected chi connectivity index (χ2v) is 6.97. The Labute approximate surface area is 148 Å². The van der Waals surface area contributed by atoms with E-state index in [1.807, 2.05) is 12.1 Å². The standard InChI is InChI=1S/C21H24N2O2/c1-14-19(17-7-5-6-8-18(17)23-14)21(2,3)13-22-20(24)15-9-11-16(25-4)12-10-15/h5-12,23H,13H2,1-4H3,(H,22,24). The molecule has 4 nitrogen and oxygen atoms in total. The SMILES string of the molecule is COc1ccc(C(=O)NCC(C)(C)c2c(C)[nH]c3ccccc23)cc1. The number of hydrogen-bond acceptors (Lipinski definition) is 2. The monoisotopic (exact) mass is 336 g/mol. The first kappa shape index (κ1) is 17.1. The zero-order valence-electron chi connectivity index (χ0n) is 15.1. The Balaban J connectivity index is 1.78. The second kappa shape index (κ2) is 6.63. The molecule has 0 atom stereocenters. The van der Waals surface area contributed by atoms with Crippen LogP contribution in [0.25, 0.3) is 10.9 Å². The molecule has 4 heteroatoms. The molecule has 0 aliphatic rings. The molecule has 0 bridgehead atoms. The number of benzene rings is 2. The molecule has 0 saturated heterocycles. The molecule has 2 aromatic carbocycles. The van der Waals surface area contributed by atoms with Gasteiger partial charge in [-0.05, 0) is 42.8 Å². The minimum Gasteiger partial charge on any atom is -0.497 e. The van der Waals surface area contributed by atoms with Crippen molar-refractivity contribution in [3.63, 3.8) is 0 Å². The molecule has 0 saturated carbocycles. The first-order chi connectivity index (χ1) is 11.9. The predicted molar refractivity (Wildman–Crippen MR) is 101 cm³/mol. The lowest BCUT2D eigenvalue weighted by Crippen LogP contribution is -2.37. The molecule has 1 heterocycles. The van der Waals surface area contributed by atoms with Gasteiger partial charge < -0.3 is 15.0 Å². The minimum atomic E-state index is -0.189. The summed E-state index contributed by atoms with van der Waals surface area (Å²) in [5.74, 6) is 0.666. The predicted octanol–water partition coefficient (Wildman–Crippen LogP) is 4.19. The van der Waals surface area contributed by atoms with Crippen molar-refractivity contribution in [1.82, 2.24) is 10.3 Å². The average Bonchev–Trinajstić information content (AvgIpc) is 2.96. The van der Waals surface area contributed by atoms with Crippen molar-refractivity contribution >= 4 is 16.8 Å². The molecule has 0 radical (unpaired) electrons. The van der Waals surface area contributed by atoms with Gasteiger partial charge in [0.15, 0.2) is 0 Å². The normalized spacial score (nSPS) is 11.5. The molecule has 0 aliphatic heterocycles. The number of hydrogen-bond donors (Lipinski definition) is 2. The maximum atomic E-state index is 12.4. The van der Waals surface area contributed by atoms with E-state index in [9.17, 15) is 4.79 Å². The number of para-hydroxylation sites is 1. The van der Waals surface area contributed by atoms with Gasteiger partial charge in [0.25, 0.3) is 5.91 Å². The number of fused-ring (bicyclic) bond motifs is 1. The Bertz CT molecular complexity index is 892. The number of ether oxygens (including phenoxy) is 1. The number of aromatic nitrogens is 1. The van der Waals surface area contributed by atoms with E-state index in [-0.39, 0.29) is 11.3 Å². The van der Waals surface area contributed by atoms with Crippen molar-refractivity contribution in [3.8, 4) is 5.75 Å². The Hall–Kier alpha value is -2.75. The van der Waals surface area contributed by atoms with Crippen molar-refractivity contribution in [3.05, 3.63) is 65.4 Å². The summed E-state index contributed by atoms with van der Waals surface area (Å²) in [5.41, 5.74) is 3.96. The van der Waals surface area contributed by atoms with Crippen LogP contribution in [0.5, 0.6) is 5.75 Å². The fraction of sp³-hybridized carbons (Fsp3) is 0.286. The molecule has 0 unspecified atom stereocenters. The Morgan fingerprint density at radius 2 is 1.80 bits per heavy atom. The molecule has 25 heavy (non-hydrogen) atoms. The third-order valence-electron chi connectivity index (χ3n) is 4.61. The molecule has 130 valence electrons. The van der Waals surface area contributed by atoms with Gasteiger partial charge in [-0.1, -0.05) is 32.0 Å². The molecular weight excluding hydrogens is 312 g/mol. The van der Waals surface area contributed by atoms with E-state index in [0.29, 0.717) is 12.1 Å². The summed E-state index contributed by atoms with van der Waals surface area (Å²) >= 11 is 0. The van der Waals surface area contributed by atoms with Crippen molar-refractivity contribution in [1.29, 1.82) is 0 Å². The van der Waals surface area contributed by atoms with Gasteiger partial charge in [0, 0.05) is 34.1 Å². The fourth-order valence-electron chi connectivity index (χ4n) is 3.38. The van der Waals surface area contributed by atoms with Gasteiger partial charge in [-0.15, -0.1) is 0 Å². The first-order valence-electron chi connectivity index (χ1n) is 8.42. The van der Waals surface area contributed by atoms with Crippen molar-refractivity contribution in [2.24, 2.45) is 0 Å². The van der Waals surface area contributed by atoms with E-state index in [4.69, 9.17) is 4.74 Å². The third kappa shape index (κ3) is 3.38. The highest BCUT2D eigenvalue weighted by Gasteiger charge is 2.27. The Morgan fingerprint density at radius 3 is 2.48 bits per heavy atom. The largest absolute Gasteiger partial charge is 0.497 e. The van der Waals surface area contributed by atoms with Crippen LogP contribution in [0.4, 0.5) is 0 Å². The average molecular weight is 336 g/mol. The van der Waals surface area contributed by atoms with Crippen LogP contribution >= 0.6 is 0 Å². The van der Waals surface area contributed by atoms with Crippen LogP contribution in [-0.4, -0.2) is 24.5 Å². The van der Waals surface area contributed by atoms with E-state index in [2.05, 4.69) is 43.2 Å². The number of carbonyl (C=O) groups is 1. The van der Waals surface area contributed by atoms with Crippen molar-refractivity contribution in [2.75, 3.05) is 13.7 Å². The summed E-state index contributed by atoms with van der Waals surface area (Å²) in [5, 5.41) is 4.28. The van der Waals surface area contributed by atoms with Crippen LogP contribution in [-0.2, 0) is 5.41 Å². The molecule has 0 fully saturated rings. The van der Waals surface area contributed by atoms with Gasteiger partial charge in [0.05, 0.1) is 7.11 Å². The van der Waals surface area contributed by atoms with Crippen LogP contribution in [0.1, 0.15) is 35.5 Å². The summed E-state index contributed by atoms with van der Waals surface area (Å²) in [4.78, 5) is 15.9. The highest BCUT2D eigenvalue weighted by atomic mass is 16.5. The molecular formula is C21H24N2O2. The van der Waals surface area contributed by atoms with Crippen LogP contribution in [0.15, 0.2) is 48.5 Å². The quantitative estimate of drug-likeness (QED) is 0.734. The zero-order chi connectivity index (χ0) is 18.0. The highest BCUT2D eigenvalue weighted by Crippen LogP contribution is 2.33. The smallest absolute Gasteiger partial charge is 0.251 e. The van der Waals surface area contributed by atoms with Crippen LogP contribution in [0, 0.1) is 6.92 Å². The zero-order valence-corrected chi connectivity index (χ0v) is 15.1. The third-order valence-corrected chi connectivity index (χ3v) is 4.61. The Kier molecular flexibility index (Phi) is 4.53. The number of aryl methyl sites for hydroxylation is 1. The van der Waals surface area contributed by atoms with E-state index >= 15 is 0 Å². The fourth-order valence-corrected chi connectivity index (χ4v) is 3.38. The molecule has 1 aromatic heterocycles. The maximum Gasteiger partial charge on any atom is 0.251 e. The van der Waals surface area contributed by atoms with Gasteiger partial charge >= 0.3 is 0 Å². The Morgan fingerprint density at radius 1 is 1.12 bits per heavy atom. The molecule has 0 spiro atoms. The van der Waals surface area contributed by atoms with Crippen LogP contribution in [0.2, 0.25) is 0 Å². The van der Waals surface area contributed by atoms with E-state index in [1.54, 1.807) is 31.4 Å². The van der Waals surface area contributed by atoms with E-state index in [0.717, 1.165) is 17.0 Å². The number of aromatic amines is 1. The number of carbonyl (C=O) groups excluding carboxylic acids is 1. The molecule has 3 rings (SSSR count). The molecule has 2 N–H and O–H groups in total. The van der Waals surface area contributed by atoms with Gasteiger partial charge in [0.1, 0.15) is 5.75 Å². The van der Waals surface area contributed by atoms with Crippen LogP contribution in [0.3, 0.4) is 0 Å². The van der Waals surface area contributed by atoms with Crippen molar-refractivity contribution < 1.29 is 9.53 Å². The maximum absolute atomic E-state index is 12.4.